The molecule has 2 aromatic heterocycles. The number of ether oxygens (including phenoxy) is 1. The van der Waals surface area contributed by atoms with Crippen LogP contribution in [-0.4, -0.2) is 27.9 Å². The molecule has 0 radical (unpaired) electrons. The maximum atomic E-state index is 5.68. The Hall–Kier alpha value is -1.84. The predicted molar refractivity (Wildman–Crippen MR) is 70.9 cm³/mol. The van der Waals surface area contributed by atoms with Crippen molar-refractivity contribution in [3.05, 3.63) is 36.3 Å². The summed E-state index contributed by atoms with van der Waals surface area (Å²) in [4.78, 5) is 9.16. The fourth-order valence-corrected chi connectivity index (χ4v) is 2.00. The molecule has 0 aliphatic carbocycles. The fraction of sp³-hybridized carbons (Fsp3) is 0.429. The Morgan fingerprint density at radius 3 is 2.83 bits per heavy atom. The molecule has 3 rings (SSSR count). The lowest BCUT2D eigenvalue weighted by Crippen LogP contribution is -2.25. The van der Waals surface area contributed by atoms with Crippen LogP contribution in [0.1, 0.15) is 26.5 Å². The molecule has 3 heterocycles. The summed E-state index contributed by atoms with van der Waals surface area (Å²) in [6.45, 7) is 7.18. The molecule has 0 fully saturated rings. The van der Waals surface area contributed by atoms with Crippen LogP contribution >= 0.6 is 0 Å². The van der Waals surface area contributed by atoms with E-state index in [1.807, 2.05) is 35.0 Å². The monoisotopic (exact) mass is 243 g/mol. The van der Waals surface area contributed by atoms with Gasteiger partial charge in [-0.05, 0) is 17.5 Å². The molecule has 0 spiro atoms. The Morgan fingerprint density at radius 1 is 1.33 bits per heavy atom. The van der Waals surface area contributed by atoms with E-state index in [-0.39, 0.29) is 11.5 Å². The van der Waals surface area contributed by atoms with E-state index in [9.17, 15) is 0 Å². The first-order valence-electron chi connectivity index (χ1n) is 6.19. The SMILES string of the molecule is CC(C)(C)C1COC(c2cn3ccccc3n2)=N1. The van der Waals surface area contributed by atoms with Crippen LogP contribution in [0.15, 0.2) is 35.6 Å². The molecule has 0 saturated heterocycles. The van der Waals surface area contributed by atoms with Gasteiger partial charge in [-0.25, -0.2) is 9.98 Å². The van der Waals surface area contributed by atoms with E-state index in [2.05, 4.69) is 30.7 Å². The number of imidazole rings is 1. The smallest absolute Gasteiger partial charge is 0.237 e. The van der Waals surface area contributed by atoms with Crippen molar-refractivity contribution in [1.29, 1.82) is 0 Å². The van der Waals surface area contributed by atoms with Crippen molar-refractivity contribution in [2.75, 3.05) is 6.61 Å². The lowest BCUT2D eigenvalue weighted by Gasteiger charge is -2.21. The molecule has 0 saturated carbocycles. The highest BCUT2D eigenvalue weighted by atomic mass is 16.5. The molecular weight excluding hydrogens is 226 g/mol. The zero-order chi connectivity index (χ0) is 12.8. The van der Waals surface area contributed by atoms with Crippen LogP contribution < -0.4 is 0 Å². The molecule has 0 amide bonds. The van der Waals surface area contributed by atoms with Gasteiger partial charge in [0, 0.05) is 12.4 Å². The Balaban J connectivity index is 1.96. The highest BCUT2D eigenvalue weighted by molar-refractivity contribution is 5.93. The zero-order valence-corrected chi connectivity index (χ0v) is 10.9. The minimum absolute atomic E-state index is 0.126. The van der Waals surface area contributed by atoms with Crippen molar-refractivity contribution >= 4 is 11.5 Å². The zero-order valence-electron chi connectivity index (χ0n) is 10.9. The summed E-state index contributed by atoms with van der Waals surface area (Å²) >= 11 is 0. The Morgan fingerprint density at radius 2 is 2.17 bits per heavy atom. The van der Waals surface area contributed by atoms with Crippen LogP contribution in [0.4, 0.5) is 0 Å². The minimum Gasteiger partial charge on any atom is -0.474 e. The molecule has 0 N–H and O–H groups in total. The van der Waals surface area contributed by atoms with Crippen molar-refractivity contribution in [3.63, 3.8) is 0 Å². The molecule has 1 aliphatic heterocycles. The van der Waals surface area contributed by atoms with E-state index >= 15 is 0 Å². The van der Waals surface area contributed by atoms with E-state index in [1.165, 1.54) is 0 Å². The second-order valence-electron chi connectivity index (χ2n) is 5.72. The van der Waals surface area contributed by atoms with E-state index in [0.717, 1.165) is 11.3 Å². The number of aliphatic imine (C=N–C) groups is 1. The van der Waals surface area contributed by atoms with Crippen molar-refractivity contribution in [1.82, 2.24) is 9.38 Å². The third-order valence-electron chi connectivity index (χ3n) is 3.23. The highest BCUT2D eigenvalue weighted by Crippen LogP contribution is 2.27. The predicted octanol–water partition coefficient (Wildman–Crippen LogP) is 2.53. The maximum absolute atomic E-state index is 5.68. The molecule has 2 aromatic rings. The summed E-state index contributed by atoms with van der Waals surface area (Å²) in [5, 5.41) is 0. The second kappa shape index (κ2) is 3.83. The molecule has 94 valence electrons. The Bertz CT molecular complexity index is 574. The van der Waals surface area contributed by atoms with E-state index < -0.39 is 0 Å². The lowest BCUT2D eigenvalue weighted by atomic mass is 9.88. The normalized spacial score (nSPS) is 19.9. The average Bonchev–Trinajstić information content (AvgIpc) is 2.94. The van der Waals surface area contributed by atoms with Crippen LogP contribution in [0, 0.1) is 5.41 Å². The molecule has 4 nitrogen and oxygen atoms in total. The number of hydrogen-bond acceptors (Lipinski definition) is 3. The third kappa shape index (κ3) is 1.88. The lowest BCUT2D eigenvalue weighted by molar-refractivity contribution is 0.235. The number of nitrogens with zero attached hydrogens (tertiary/aromatic N) is 3. The van der Waals surface area contributed by atoms with E-state index in [1.54, 1.807) is 0 Å². The Kier molecular flexibility index (Phi) is 2.40. The second-order valence-corrected chi connectivity index (χ2v) is 5.72. The van der Waals surface area contributed by atoms with Crippen molar-refractivity contribution in [2.45, 2.75) is 26.8 Å². The first-order chi connectivity index (χ1) is 8.54. The van der Waals surface area contributed by atoms with Gasteiger partial charge in [-0.2, -0.15) is 0 Å². The number of rotatable bonds is 1. The van der Waals surface area contributed by atoms with Crippen LogP contribution in [-0.2, 0) is 4.74 Å². The third-order valence-corrected chi connectivity index (χ3v) is 3.23. The fourth-order valence-electron chi connectivity index (χ4n) is 2.00. The van der Waals surface area contributed by atoms with Crippen molar-refractivity contribution in [3.8, 4) is 0 Å². The van der Waals surface area contributed by atoms with Crippen LogP contribution in [0.3, 0.4) is 0 Å². The van der Waals surface area contributed by atoms with Gasteiger partial charge in [0.2, 0.25) is 5.90 Å². The van der Waals surface area contributed by atoms with E-state index in [0.29, 0.717) is 12.5 Å². The molecule has 18 heavy (non-hydrogen) atoms. The van der Waals surface area contributed by atoms with Gasteiger partial charge in [-0.1, -0.05) is 26.8 Å². The van der Waals surface area contributed by atoms with Gasteiger partial charge in [0.15, 0.2) is 0 Å². The molecular formula is C14H17N3O. The van der Waals surface area contributed by atoms with Gasteiger partial charge in [0.25, 0.3) is 0 Å². The summed E-state index contributed by atoms with van der Waals surface area (Å²) in [5.74, 6) is 0.665. The standard InChI is InChI=1S/C14H17N3O/c1-14(2,3)11-9-18-13(16-11)10-8-17-7-5-4-6-12(17)15-10/h4-8,11H,9H2,1-3H3. The van der Waals surface area contributed by atoms with E-state index in [4.69, 9.17) is 4.74 Å². The van der Waals surface area contributed by atoms with Gasteiger partial charge in [0.1, 0.15) is 17.9 Å². The van der Waals surface area contributed by atoms with Gasteiger partial charge >= 0.3 is 0 Å². The summed E-state index contributed by atoms with van der Waals surface area (Å²) in [6, 6.07) is 6.13. The molecule has 1 unspecified atom stereocenters. The molecule has 1 atom stereocenters. The van der Waals surface area contributed by atoms with Crippen LogP contribution in [0.25, 0.3) is 5.65 Å². The maximum Gasteiger partial charge on any atom is 0.237 e. The topological polar surface area (TPSA) is 38.9 Å². The minimum atomic E-state index is 0.126. The molecule has 4 heteroatoms. The van der Waals surface area contributed by atoms with Gasteiger partial charge in [-0.3, -0.25) is 0 Å². The number of aromatic nitrogens is 2. The first-order valence-corrected chi connectivity index (χ1v) is 6.19. The van der Waals surface area contributed by atoms with Gasteiger partial charge in [0.05, 0.1) is 6.04 Å². The average molecular weight is 243 g/mol. The summed E-state index contributed by atoms with van der Waals surface area (Å²) in [5.41, 5.74) is 1.85. The Labute approximate surface area is 106 Å². The largest absolute Gasteiger partial charge is 0.474 e. The quantitative estimate of drug-likeness (QED) is 0.772. The van der Waals surface area contributed by atoms with Crippen molar-refractivity contribution in [2.24, 2.45) is 10.4 Å². The van der Waals surface area contributed by atoms with Crippen LogP contribution in [0.2, 0.25) is 0 Å². The summed E-state index contributed by atoms with van der Waals surface area (Å²) < 4.78 is 7.66. The number of hydrogen-bond donors (Lipinski definition) is 0. The summed E-state index contributed by atoms with van der Waals surface area (Å²) in [7, 11) is 0. The first kappa shape index (κ1) is 11.3. The molecule has 0 aromatic carbocycles. The molecule has 0 bridgehead atoms. The molecule has 1 aliphatic rings. The van der Waals surface area contributed by atoms with Crippen molar-refractivity contribution < 1.29 is 4.74 Å². The number of fused-ring (bicyclic) bond motifs is 1. The van der Waals surface area contributed by atoms with Gasteiger partial charge in [-0.15, -0.1) is 0 Å². The summed E-state index contributed by atoms with van der Waals surface area (Å²) in [6.07, 6.45) is 3.93. The highest BCUT2D eigenvalue weighted by Gasteiger charge is 2.31. The van der Waals surface area contributed by atoms with Crippen LogP contribution in [0.5, 0.6) is 0 Å². The van der Waals surface area contributed by atoms with Gasteiger partial charge < -0.3 is 9.14 Å². The number of pyridine rings is 1.